The first-order valence-electron chi connectivity index (χ1n) is 6.17. The van der Waals surface area contributed by atoms with Crippen LogP contribution in [0, 0.1) is 0 Å². The maximum absolute atomic E-state index is 11.2. The Morgan fingerprint density at radius 1 is 1.11 bits per heavy atom. The number of hydrogen-bond donors (Lipinski definition) is 1. The summed E-state index contributed by atoms with van der Waals surface area (Å²) < 4.78 is 5.91. The Labute approximate surface area is 105 Å². The lowest BCUT2D eigenvalue weighted by Crippen LogP contribution is -2.24. The van der Waals surface area contributed by atoms with Gasteiger partial charge < -0.3 is 9.84 Å². The van der Waals surface area contributed by atoms with E-state index in [9.17, 15) is 9.90 Å². The molecule has 0 heterocycles. The minimum Gasteiger partial charge on any atom is -0.490 e. The number of hydrogen-bond acceptors (Lipinski definition) is 2. The molecule has 18 heavy (non-hydrogen) atoms. The summed E-state index contributed by atoms with van der Waals surface area (Å²) in [5, 5.41) is 10.8. The van der Waals surface area contributed by atoms with Crippen LogP contribution in [0.1, 0.15) is 29.6 Å². The molecule has 0 atom stereocenters. The Balaban J connectivity index is 2.10. The van der Waals surface area contributed by atoms with E-state index in [1.165, 1.54) is 6.42 Å². The fourth-order valence-corrected chi connectivity index (χ4v) is 2.23. The molecule has 1 N–H and O–H groups in total. The van der Waals surface area contributed by atoms with E-state index in [2.05, 4.69) is 0 Å². The smallest absolute Gasteiger partial charge is 0.336 e. The second-order valence-electron chi connectivity index (χ2n) is 4.63. The van der Waals surface area contributed by atoms with Gasteiger partial charge in [-0.2, -0.15) is 0 Å². The first-order valence-corrected chi connectivity index (χ1v) is 6.17. The Morgan fingerprint density at radius 2 is 1.83 bits per heavy atom. The molecule has 1 saturated carbocycles. The summed E-state index contributed by atoms with van der Waals surface area (Å²) in [5.41, 5.74) is 0.326. The van der Waals surface area contributed by atoms with E-state index < -0.39 is 5.97 Å². The zero-order valence-electron chi connectivity index (χ0n) is 9.93. The van der Waals surface area contributed by atoms with Crippen LogP contribution in [0.4, 0.5) is 0 Å². The highest BCUT2D eigenvalue weighted by Gasteiger charge is 2.20. The van der Waals surface area contributed by atoms with Crippen molar-refractivity contribution >= 4 is 16.7 Å². The number of carboxylic acid groups (broad SMARTS) is 1. The van der Waals surface area contributed by atoms with Crippen LogP contribution < -0.4 is 4.74 Å². The molecule has 0 amide bonds. The summed E-state index contributed by atoms with van der Waals surface area (Å²) in [4.78, 5) is 11.2. The second-order valence-corrected chi connectivity index (χ2v) is 4.63. The predicted octanol–water partition coefficient (Wildman–Crippen LogP) is 3.47. The standard InChI is InChI=1S/C15H14O3/c16-15(17)13-8-9-14(18-10-4-3-5-10)12-7-2-1-6-11(12)13/h1-2,6-10H,3-5H2,(H,16,17). The average Bonchev–Trinajstić information content (AvgIpc) is 2.33. The van der Waals surface area contributed by atoms with E-state index in [4.69, 9.17) is 4.74 Å². The van der Waals surface area contributed by atoms with E-state index in [-0.39, 0.29) is 0 Å². The highest BCUT2D eigenvalue weighted by Crippen LogP contribution is 2.32. The van der Waals surface area contributed by atoms with Crippen molar-refractivity contribution in [2.24, 2.45) is 0 Å². The fraction of sp³-hybridized carbons (Fsp3) is 0.267. The third kappa shape index (κ3) is 1.82. The molecule has 0 bridgehead atoms. The topological polar surface area (TPSA) is 46.5 Å². The molecule has 0 saturated heterocycles. The van der Waals surface area contributed by atoms with Crippen molar-refractivity contribution < 1.29 is 14.6 Å². The third-order valence-electron chi connectivity index (χ3n) is 3.46. The molecule has 0 aliphatic heterocycles. The van der Waals surface area contributed by atoms with Crippen molar-refractivity contribution in [3.63, 3.8) is 0 Å². The van der Waals surface area contributed by atoms with Gasteiger partial charge in [-0.05, 0) is 36.8 Å². The lowest BCUT2D eigenvalue weighted by atomic mass is 9.96. The Hall–Kier alpha value is -2.03. The number of benzene rings is 2. The number of fused-ring (bicyclic) bond motifs is 1. The average molecular weight is 242 g/mol. The molecule has 1 aliphatic carbocycles. The number of rotatable bonds is 3. The molecule has 0 radical (unpaired) electrons. The van der Waals surface area contributed by atoms with Gasteiger partial charge in [0.1, 0.15) is 5.75 Å². The number of ether oxygens (including phenoxy) is 1. The van der Waals surface area contributed by atoms with E-state index in [0.29, 0.717) is 11.7 Å². The molecule has 0 unspecified atom stereocenters. The van der Waals surface area contributed by atoms with Crippen LogP contribution in [0.15, 0.2) is 36.4 Å². The van der Waals surface area contributed by atoms with Gasteiger partial charge in [0.05, 0.1) is 11.7 Å². The van der Waals surface area contributed by atoms with Crippen molar-refractivity contribution in [3.8, 4) is 5.75 Å². The van der Waals surface area contributed by atoms with Crippen molar-refractivity contribution in [1.82, 2.24) is 0 Å². The zero-order chi connectivity index (χ0) is 12.5. The van der Waals surface area contributed by atoms with Crippen LogP contribution in [0.2, 0.25) is 0 Å². The predicted molar refractivity (Wildman–Crippen MR) is 69.2 cm³/mol. The summed E-state index contributed by atoms with van der Waals surface area (Å²) in [7, 11) is 0. The first kappa shape index (κ1) is 11.1. The molecular formula is C15H14O3. The largest absolute Gasteiger partial charge is 0.490 e. The normalized spacial score (nSPS) is 15.3. The number of aromatic carboxylic acids is 1. The van der Waals surface area contributed by atoms with E-state index in [1.807, 2.05) is 24.3 Å². The molecule has 1 aliphatic rings. The first-order chi connectivity index (χ1) is 8.75. The maximum Gasteiger partial charge on any atom is 0.336 e. The van der Waals surface area contributed by atoms with Crippen molar-refractivity contribution in [2.45, 2.75) is 25.4 Å². The van der Waals surface area contributed by atoms with E-state index in [0.717, 1.165) is 29.4 Å². The molecule has 0 aromatic heterocycles. The van der Waals surface area contributed by atoms with Gasteiger partial charge in [-0.15, -0.1) is 0 Å². The van der Waals surface area contributed by atoms with Gasteiger partial charge in [0.25, 0.3) is 0 Å². The Bertz CT molecular complexity index is 600. The van der Waals surface area contributed by atoms with Crippen LogP contribution in [0.25, 0.3) is 10.8 Å². The molecule has 0 spiro atoms. The number of carboxylic acids is 1. The van der Waals surface area contributed by atoms with Gasteiger partial charge in [0.2, 0.25) is 0 Å². The monoisotopic (exact) mass is 242 g/mol. The molecule has 2 aromatic rings. The summed E-state index contributed by atoms with van der Waals surface area (Å²) >= 11 is 0. The quantitative estimate of drug-likeness (QED) is 0.896. The molecular weight excluding hydrogens is 228 g/mol. The summed E-state index contributed by atoms with van der Waals surface area (Å²) in [6, 6.07) is 10.9. The van der Waals surface area contributed by atoms with E-state index >= 15 is 0 Å². The van der Waals surface area contributed by atoms with Gasteiger partial charge in [-0.3, -0.25) is 0 Å². The van der Waals surface area contributed by atoms with E-state index in [1.54, 1.807) is 12.1 Å². The van der Waals surface area contributed by atoms with Crippen molar-refractivity contribution in [3.05, 3.63) is 42.0 Å². The lowest BCUT2D eigenvalue weighted by Gasteiger charge is -2.27. The second kappa shape index (κ2) is 4.33. The van der Waals surface area contributed by atoms with Crippen LogP contribution >= 0.6 is 0 Å². The summed E-state index contributed by atoms with van der Waals surface area (Å²) in [6.45, 7) is 0. The SMILES string of the molecule is O=C(O)c1ccc(OC2CCC2)c2ccccc12. The molecule has 3 rings (SSSR count). The summed E-state index contributed by atoms with van der Waals surface area (Å²) in [6.07, 6.45) is 3.70. The third-order valence-corrected chi connectivity index (χ3v) is 3.46. The van der Waals surface area contributed by atoms with Gasteiger partial charge >= 0.3 is 5.97 Å². The van der Waals surface area contributed by atoms with Crippen LogP contribution in [0.5, 0.6) is 5.75 Å². The van der Waals surface area contributed by atoms with Gasteiger partial charge in [0.15, 0.2) is 0 Å². The summed E-state index contributed by atoms with van der Waals surface area (Å²) in [5.74, 6) is -0.110. The van der Waals surface area contributed by atoms with Gasteiger partial charge in [-0.25, -0.2) is 4.79 Å². The molecule has 2 aromatic carbocycles. The fourth-order valence-electron chi connectivity index (χ4n) is 2.23. The Kier molecular flexibility index (Phi) is 2.67. The Morgan fingerprint density at radius 3 is 2.44 bits per heavy atom. The molecule has 3 heteroatoms. The van der Waals surface area contributed by atoms with Crippen LogP contribution in [-0.2, 0) is 0 Å². The minimum absolute atomic E-state index is 0.295. The molecule has 1 fully saturated rings. The highest BCUT2D eigenvalue weighted by atomic mass is 16.5. The van der Waals surface area contributed by atoms with Gasteiger partial charge in [0, 0.05) is 5.39 Å². The van der Waals surface area contributed by atoms with Crippen molar-refractivity contribution in [2.75, 3.05) is 0 Å². The van der Waals surface area contributed by atoms with Crippen LogP contribution in [-0.4, -0.2) is 17.2 Å². The number of carbonyl (C=O) groups is 1. The minimum atomic E-state index is -0.901. The van der Waals surface area contributed by atoms with Gasteiger partial charge in [-0.1, -0.05) is 24.3 Å². The zero-order valence-corrected chi connectivity index (χ0v) is 9.93. The highest BCUT2D eigenvalue weighted by molar-refractivity contribution is 6.05. The molecule has 92 valence electrons. The molecule has 3 nitrogen and oxygen atoms in total. The lowest BCUT2D eigenvalue weighted by molar-refractivity contribution is 0.0699. The van der Waals surface area contributed by atoms with Crippen molar-refractivity contribution in [1.29, 1.82) is 0 Å². The maximum atomic E-state index is 11.2. The van der Waals surface area contributed by atoms with Crippen LogP contribution in [0.3, 0.4) is 0 Å².